The van der Waals surface area contributed by atoms with E-state index in [2.05, 4.69) is 18.7 Å². The van der Waals surface area contributed by atoms with E-state index in [0.717, 1.165) is 38.5 Å². The van der Waals surface area contributed by atoms with Gasteiger partial charge in [0.1, 0.15) is 0 Å². The van der Waals surface area contributed by atoms with Gasteiger partial charge in [-0.3, -0.25) is 4.79 Å². The van der Waals surface area contributed by atoms with Crippen LogP contribution in [0.1, 0.15) is 58.8 Å². The molecule has 2 N–H and O–H groups in total. The van der Waals surface area contributed by atoms with Gasteiger partial charge >= 0.3 is 0 Å². The SMILES string of the molecule is CC1CCCC(C)N1C(=O)C1CCCC(N)C1.Cl. The Balaban J connectivity index is 0.00000162. The Morgan fingerprint density at radius 3 is 2.17 bits per heavy atom. The highest BCUT2D eigenvalue weighted by molar-refractivity contribution is 5.85. The van der Waals surface area contributed by atoms with Gasteiger partial charge in [0, 0.05) is 24.0 Å². The first kappa shape index (κ1) is 15.8. The molecule has 1 aliphatic heterocycles. The number of hydrogen-bond donors (Lipinski definition) is 1. The summed E-state index contributed by atoms with van der Waals surface area (Å²) in [6.45, 7) is 4.38. The Bertz CT molecular complexity index is 275. The van der Waals surface area contributed by atoms with Crippen molar-refractivity contribution in [2.45, 2.75) is 76.9 Å². The van der Waals surface area contributed by atoms with Crippen molar-refractivity contribution in [3.05, 3.63) is 0 Å². The van der Waals surface area contributed by atoms with Gasteiger partial charge in [-0.05, 0) is 52.4 Å². The van der Waals surface area contributed by atoms with Crippen LogP contribution < -0.4 is 5.73 Å². The van der Waals surface area contributed by atoms with E-state index >= 15 is 0 Å². The van der Waals surface area contributed by atoms with E-state index < -0.39 is 0 Å². The molecule has 0 spiro atoms. The maximum absolute atomic E-state index is 12.6. The molecule has 106 valence electrons. The monoisotopic (exact) mass is 274 g/mol. The standard InChI is InChI=1S/C14H26N2O.ClH/c1-10-5-3-6-11(2)16(10)14(17)12-7-4-8-13(15)9-12;/h10-13H,3-9,15H2,1-2H3;1H. The molecule has 0 radical (unpaired) electrons. The number of carbonyl (C=O) groups excluding carboxylic acids is 1. The summed E-state index contributed by atoms with van der Waals surface area (Å²) in [7, 11) is 0. The summed E-state index contributed by atoms with van der Waals surface area (Å²) >= 11 is 0. The smallest absolute Gasteiger partial charge is 0.226 e. The largest absolute Gasteiger partial charge is 0.337 e. The Labute approximate surface area is 117 Å². The van der Waals surface area contributed by atoms with Crippen LogP contribution in [0.3, 0.4) is 0 Å². The summed E-state index contributed by atoms with van der Waals surface area (Å²) in [5.74, 6) is 0.571. The van der Waals surface area contributed by atoms with Gasteiger partial charge < -0.3 is 10.6 Å². The summed E-state index contributed by atoms with van der Waals surface area (Å²) in [6.07, 6.45) is 7.74. The van der Waals surface area contributed by atoms with E-state index in [1.807, 2.05) is 0 Å². The van der Waals surface area contributed by atoms with Gasteiger partial charge in [-0.25, -0.2) is 0 Å². The first-order chi connectivity index (χ1) is 8.09. The molecule has 1 heterocycles. The van der Waals surface area contributed by atoms with Crippen LogP contribution in [0.5, 0.6) is 0 Å². The number of halogens is 1. The molecule has 0 aromatic heterocycles. The molecule has 4 atom stereocenters. The minimum absolute atomic E-state index is 0. The molecule has 18 heavy (non-hydrogen) atoms. The van der Waals surface area contributed by atoms with Crippen LogP contribution in [0.25, 0.3) is 0 Å². The number of amides is 1. The van der Waals surface area contributed by atoms with Crippen LogP contribution in [-0.2, 0) is 4.79 Å². The van der Waals surface area contributed by atoms with Gasteiger partial charge in [-0.15, -0.1) is 12.4 Å². The summed E-state index contributed by atoms with van der Waals surface area (Å²) in [4.78, 5) is 14.7. The van der Waals surface area contributed by atoms with Gasteiger partial charge in [-0.2, -0.15) is 0 Å². The first-order valence-electron chi connectivity index (χ1n) is 7.17. The van der Waals surface area contributed by atoms with E-state index in [-0.39, 0.29) is 24.4 Å². The van der Waals surface area contributed by atoms with Crippen LogP contribution in [-0.4, -0.2) is 28.9 Å². The normalized spacial score (nSPS) is 36.9. The lowest BCUT2D eigenvalue weighted by atomic mass is 9.84. The molecule has 1 saturated carbocycles. The van der Waals surface area contributed by atoms with Crippen LogP contribution in [0.2, 0.25) is 0 Å². The Morgan fingerprint density at radius 2 is 1.61 bits per heavy atom. The molecule has 0 bridgehead atoms. The molecule has 0 aromatic rings. The third-order valence-electron chi connectivity index (χ3n) is 4.51. The maximum atomic E-state index is 12.6. The van der Waals surface area contributed by atoms with Crippen molar-refractivity contribution in [1.82, 2.24) is 4.90 Å². The topological polar surface area (TPSA) is 46.3 Å². The van der Waals surface area contributed by atoms with Crippen molar-refractivity contribution in [2.24, 2.45) is 11.7 Å². The van der Waals surface area contributed by atoms with Crippen molar-refractivity contribution >= 4 is 18.3 Å². The lowest BCUT2D eigenvalue weighted by Crippen LogP contribution is -2.51. The highest BCUT2D eigenvalue weighted by Crippen LogP contribution is 2.30. The van der Waals surface area contributed by atoms with Crippen molar-refractivity contribution < 1.29 is 4.79 Å². The molecule has 0 aromatic carbocycles. The van der Waals surface area contributed by atoms with Crippen molar-refractivity contribution in [2.75, 3.05) is 0 Å². The molecule has 1 saturated heterocycles. The Kier molecular flexibility index (Phi) is 5.93. The Hall–Kier alpha value is -0.280. The number of nitrogens with two attached hydrogens (primary N) is 1. The maximum Gasteiger partial charge on any atom is 0.226 e. The summed E-state index contributed by atoms with van der Waals surface area (Å²) in [6, 6.07) is 1.09. The van der Waals surface area contributed by atoms with Gasteiger partial charge in [0.2, 0.25) is 5.91 Å². The number of carbonyl (C=O) groups is 1. The van der Waals surface area contributed by atoms with Gasteiger partial charge in [0.05, 0.1) is 0 Å². The minimum Gasteiger partial charge on any atom is -0.337 e. The highest BCUT2D eigenvalue weighted by atomic mass is 35.5. The van der Waals surface area contributed by atoms with Crippen molar-refractivity contribution in [3.8, 4) is 0 Å². The molecule has 2 aliphatic rings. The summed E-state index contributed by atoms with van der Waals surface area (Å²) in [5.41, 5.74) is 5.99. The van der Waals surface area contributed by atoms with E-state index in [1.165, 1.54) is 6.42 Å². The zero-order valence-electron chi connectivity index (χ0n) is 11.6. The molecule has 1 aliphatic carbocycles. The number of rotatable bonds is 1. The molecule has 4 unspecified atom stereocenters. The van der Waals surface area contributed by atoms with E-state index in [4.69, 9.17) is 5.73 Å². The second kappa shape index (κ2) is 6.76. The average Bonchev–Trinajstić information content (AvgIpc) is 2.28. The van der Waals surface area contributed by atoms with Crippen molar-refractivity contribution in [1.29, 1.82) is 0 Å². The molecule has 1 amide bonds. The van der Waals surface area contributed by atoms with Crippen molar-refractivity contribution in [3.63, 3.8) is 0 Å². The average molecular weight is 275 g/mol. The molecular formula is C14H27ClN2O. The first-order valence-corrected chi connectivity index (χ1v) is 7.17. The second-order valence-electron chi connectivity index (χ2n) is 6.00. The van der Waals surface area contributed by atoms with Gasteiger partial charge in [0.15, 0.2) is 0 Å². The lowest BCUT2D eigenvalue weighted by Gasteiger charge is -2.42. The molecule has 3 nitrogen and oxygen atoms in total. The predicted octanol–water partition coefficient (Wildman–Crippen LogP) is 2.72. The second-order valence-corrected chi connectivity index (χ2v) is 6.00. The predicted molar refractivity (Wildman–Crippen MR) is 76.8 cm³/mol. The fraction of sp³-hybridized carbons (Fsp3) is 0.929. The molecule has 2 fully saturated rings. The minimum atomic E-state index is 0. The van der Waals surface area contributed by atoms with E-state index in [9.17, 15) is 4.79 Å². The number of piperidine rings is 1. The van der Waals surface area contributed by atoms with Gasteiger partial charge in [-0.1, -0.05) is 6.42 Å². The van der Waals surface area contributed by atoms with E-state index in [1.54, 1.807) is 0 Å². The fourth-order valence-electron chi connectivity index (χ4n) is 3.52. The van der Waals surface area contributed by atoms with Crippen LogP contribution in [0.4, 0.5) is 0 Å². The quantitative estimate of drug-likeness (QED) is 0.799. The number of likely N-dealkylation sites (tertiary alicyclic amines) is 1. The van der Waals surface area contributed by atoms with Crippen LogP contribution in [0.15, 0.2) is 0 Å². The summed E-state index contributed by atoms with van der Waals surface area (Å²) < 4.78 is 0. The highest BCUT2D eigenvalue weighted by Gasteiger charge is 2.34. The molecule has 2 rings (SSSR count). The molecular weight excluding hydrogens is 248 g/mol. The number of nitrogens with zero attached hydrogens (tertiary/aromatic N) is 1. The fourth-order valence-corrected chi connectivity index (χ4v) is 3.52. The lowest BCUT2D eigenvalue weighted by molar-refractivity contribution is -0.143. The molecule has 4 heteroatoms. The zero-order chi connectivity index (χ0) is 12.4. The Morgan fingerprint density at radius 1 is 1.06 bits per heavy atom. The zero-order valence-corrected chi connectivity index (χ0v) is 12.4. The van der Waals surface area contributed by atoms with E-state index in [0.29, 0.717) is 18.0 Å². The third-order valence-corrected chi connectivity index (χ3v) is 4.51. The number of hydrogen-bond acceptors (Lipinski definition) is 2. The van der Waals surface area contributed by atoms with Crippen LogP contribution >= 0.6 is 12.4 Å². The van der Waals surface area contributed by atoms with Crippen LogP contribution in [0, 0.1) is 5.92 Å². The summed E-state index contributed by atoms with van der Waals surface area (Å²) in [5, 5.41) is 0. The van der Waals surface area contributed by atoms with Gasteiger partial charge in [0.25, 0.3) is 0 Å². The third kappa shape index (κ3) is 3.39.